The largest absolute Gasteiger partial charge is 0.497 e. The summed E-state index contributed by atoms with van der Waals surface area (Å²) in [5, 5.41) is 3.03. The Balaban J connectivity index is 1.76. The average molecular weight is 343 g/mol. The molecule has 4 nitrogen and oxygen atoms in total. The highest BCUT2D eigenvalue weighted by Gasteiger charge is 2.35. The average Bonchev–Trinajstić information content (AvgIpc) is 2.67. The van der Waals surface area contributed by atoms with Gasteiger partial charge in [-0.1, -0.05) is 18.2 Å². The zero-order chi connectivity index (χ0) is 17.7. The van der Waals surface area contributed by atoms with E-state index < -0.39 is 0 Å². The third-order valence-corrected chi connectivity index (χ3v) is 4.83. The van der Waals surface area contributed by atoms with Gasteiger partial charge in [0, 0.05) is 30.7 Å². The fraction of sp³-hybridized carbons (Fsp3) is 0.350. The molecule has 1 fully saturated rings. The number of carbonyl (C=O) groups excluding carboxylic acids is 1. The number of ether oxygens (including phenoxy) is 2. The molecule has 1 saturated heterocycles. The van der Waals surface area contributed by atoms with Crippen LogP contribution in [0.1, 0.15) is 28.8 Å². The Labute approximate surface area is 147 Å². The van der Waals surface area contributed by atoms with Gasteiger partial charge in [0.1, 0.15) is 11.6 Å². The first-order chi connectivity index (χ1) is 12.1. The van der Waals surface area contributed by atoms with Crippen LogP contribution in [0.15, 0.2) is 48.5 Å². The molecule has 2 aromatic rings. The molecule has 1 aliphatic rings. The Morgan fingerprint density at radius 3 is 2.60 bits per heavy atom. The molecule has 0 aliphatic carbocycles. The first-order valence-electron chi connectivity index (χ1n) is 8.39. The lowest BCUT2D eigenvalue weighted by Gasteiger charge is -2.38. The van der Waals surface area contributed by atoms with Gasteiger partial charge in [-0.2, -0.15) is 0 Å². The van der Waals surface area contributed by atoms with Gasteiger partial charge in [0.15, 0.2) is 0 Å². The predicted molar refractivity (Wildman–Crippen MR) is 93.5 cm³/mol. The van der Waals surface area contributed by atoms with Gasteiger partial charge in [-0.25, -0.2) is 4.39 Å². The molecule has 132 valence electrons. The lowest BCUT2D eigenvalue weighted by atomic mass is 9.74. The van der Waals surface area contributed by atoms with E-state index in [1.54, 1.807) is 43.5 Å². The van der Waals surface area contributed by atoms with Crippen LogP contribution >= 0.6 is 0 Å². The van der Waals surface area contributed by atoms with E-state index in [1.807, 2.05) is 0 Å². The zero-order valence-corrected chi connectivity index (χ0v) is 14.3. The molecule has 1 heterocycles. The fourth-order valence-corrected chi connectivity index (χ4v) is 3.25. The van der Waals surface area contributed by atoms with Crippen LogP contribution in [-0.4, -0.2) is 32.8 Å². The van der Waals surface area contributed by atoms with Crippen LogP contribution in [0.3, 0.4) is 0 Å². The van der Waals surface area contributed by atoms with Gasteiger partial charge in [-0.15, -0.1) is 0 Å². The number of carbonyl (C=O) groups is 1. The second-order valence-electron chi connectivity index (χ2n) is 6.31. The quantitative estimate of drug-likeness (QED) is 0.906. The monoisotopic (exact) mass is 343 g/mol. The molecule has 3 rings (SSSR count). The van der Waals surface area contributed by atoms with E-state index in [4.69, 9.17) is 9.47 Å². The summed E-state index contributed by atoms with van der Waals surface area (Å²) in [4.78, 5) is 12.5. The number of amides is 1. The summed E-state index contributed by atoms with van der Waals surface area (Å²) in [5.74, 6) is 0.241. The van der Waals surface area contributed by atoms with Crippen LogP contribution in [-0.2, 0) is 10.2 Å². The van der Waals surface area contributed by atoms with Gasteiger partial charge in [-0.3, -0.25) is 4.79 Å². The minimum atomic E-state index is -0.258. The van der Waals surface area contributed by atoms with Crippen molar-refractivity contribution < 1.29 is 18.7 Å². The molecule has 0 unspecified atom stereocenters. The molecule has 0 atom stereocenters. The summed E-state index contributed by atoms with van der Waals surface area (Å²) in [6.45, 7) is 1.75. The number of rotatable bonds is 5. The molecule has 0 radical (unpaired) electrons. The maximum atomic E-state index is 13.3. The maximum Gasteiger partial charge on any atom is 0.251 e. The molecule has 1 aliphatic heterocycles. The molecule has 0 bridgehead atoms. The van der Waals surface area contributed by atoms with Crippen LogP contribution in [0, 0.1) is 5.82 Å². The lowest BCUT2D eigenvalue weighted by molar-refractivity contribution is 0.0487. The van der Waals surface area contributed by atoms with Crippen LogP contribution < -0.4 is 10.1 Å². The lowest BCUT2D eigenvalue weighted by Crippen LogP contribution is -2.44. The standard InChI is InChI=1S/C20H22FNO3/c1-24-18-4-2-3-15(13-18)19(23)22-14-20(9-11-25-12-10-20)16-5-7-17(21)8-6-16/h2-8,13H,9-12,14H2,1H3,(H,22,23). The SMILES string of the molecule is COc1cccc(C(=O)NCC2(c3ccc(F)cc3)CCOCC2)c1. The predicted octanol–water partition coefficient (Wildman–Crippen LogP) is 3.31. The Hall–Kier alpha value is -2.40. The molecule has 1 N–H and O–H groups in total. The third kappa shape index (κ3) is 3.99. The minimum Gasteiger partial charge on any atom is -0.497 e. The third-order valence-electron chi connectivity index (χ3n) is 4.83. The van der Waals surface area contributed by atoms with Gasteiger partial charge in [-0.05, 0) is 48.7 Å². The Morgan fingerprint density at radius 1 is 1.20 bits per heavy atom. The van der Waals surface area contributed by atoms with Crippen molar-refractivity contribution in [2.45, 2.75) is 18.3 Å². The summed E-state index contributed by atoms with van der Waals surface area (Å²) in [6.07, 6.45) is 1.58. The zero-order valence-electron chi connectivity index (χ0n) is 14.3. The number of benzene rings is 2. The first kappa shape index (κ1) is 17.4. The second-order valence-corrected chi connectivity index (χ2v) is 6.31. The molecule has 0 aromatic heterocycles. The van der Waals surface area contributed by atoms with Crippen molar-refractivity contribution in [3.63, 3.8) is 0 Å². The molecule has 0 saturated carbocycles. The summed E-state index contributed by atoms with van der Waals surface area (Å²) < 4.78 is 23.9. The van der Waals surface area contributed by atoms with E-state index in [0.29, 0.717) is 31.1 Å². The van der Waals surface area contributed by atoms with Crippen LogP contribution in [0.4, 0.5) is 4.39 Å². The first-order valence-corrected chi connectivity index (χ1v) is 8.39. The number of hydrogen-bond donors (Lipinski definition) is 1. The Kier molecular flexibility index (Phi) is 5.34. The van der Waals surface area contributed by atoms with Crippen LogP contribution in [0.5, 0.6) is 5.75 Å². The van der Waals surface area contributed by atoms with Crippen molar-refractivity contribution in [1.82, 2.24) is 5.32 Å². The molecule has 25 heavy (non-hydrogen) atoms. The van der Waals surface area contributed by atoms with Crippen LogP contribution in [0.25, 0.3) is 0 Å². The molecule has 1 amide bonds. The highest BCUT2D eigenvalue weighted by molar-refractivity contribution is 5.94. The number of nitrogens with one attached hydrogen (secondary N) is 1. The van der Waals surface area contributed by atoms with Crippen molar-refractivity contribution in [2.75, 3.05) is 26.9 Å². The molecule has 5 heteroatoms. The van der Waals surface area contributed by atoms with Crippen molar-refractivity contribution in [1.29, 1.82) is 0 Å². The van der Waals surface area contributed by atoms with Gasteiger partial charge < -0.3 is 14.8 Å². The summed E-state index contributed by atoms with van der Waals surface area (Å²) in [5.41, 5.74) is 1.35. The van der Waals surface area contributed by atoms with Crippen LogP contribution in [0.2, 0.25) is 0 Å². The van der Waals surface area contributed by atoms with Crippen molar-refractivity contribution in [3.05, 3.63) is 65.5 Å². The van der Waals surface area contributed by atoms with Crippen molar-refractivity contribution in [3.8, 4) is 5.75 Å². The van der Waals surface area contributed by atoms with Gasteiger partial charge in [0.2, 0.25) is 0 Å². The molecule has 2 aromatic carbocycles. The van der Waals surface area contributed by atoms with E-state index in [2.05, 4.69) is 5.32 Å². The van der Waals surface area contributed by atoms with Gasteiger partial charge in [0.05, 0.1) is 7.11 Å². The van der Waals surface area contributed by atoms with Gasteiger partial charge in [0.25, 0.3) is 5.91 Å². The molecular formula is C20H22FNO3. The molecule has 0 spiro atoms. The maximum absolute atomic E-state index is 13.3. The summed E-state index contributed by atoms with van der Waals surface area (Å²) in [7, 11) is 1.57. The van der Waals surface area contributed by atoms with Gasteiger partial charge >= 0.3 is 0 Å². The minimum absolute atomic E-state index is 0.146. The number of halogens is 1. The van der Waals surface area contributed by atoms with Crippen molar-refractivity contribution in [2.24, 2.45) is 0 Å². The Bertz CT molecular complexity index is 724. The topological polar surface area (TPSA) is 47.6 Å². The summed E-state index contributed by atoms with van der Waals surface area (Å²) in [6, 6.07) is 13.6. The highest BCUT2D eigenvalue weighted by atomic mass is 19.1. The van der Waals surface area contributed by atoms with E-state index in [0.717, 1.165) is 18.4 Å². The smallest absolute Gasteiger partial charge is 0.251 e. The van der Waals surface area contributed by atoms with E-state index >= 15 is 0 Å². The number of methoxy groups -OCH3 is 1. The fourth-order valence-electron chi connectivity index (χ4n) is 3.25. The van der Waals surface area contributed by atoms with E-state index in [1.165, 1.54) is 12.1 Å². The number of hydrogen-bond acceptors (Lipinski definition) is 3. The van der Waals surface area contributed by atoms with Crippen molar-refractivity contribution >= 4 is 5.91 Å². The second kappa shape index (κ2) is 7.66. The summed E-state index contributed by atoms with van der Waals surface area (Å²) >= 11 is 0. The van der Waals surface area contributed by atoms with E-state index in [9.17, 15) is 9.18 Å². The van der Waals surface area contributed by atoms with E-state index in [-0.39, 0.29) is 17.1 Å². The molecular weight excluding hydrogens is 321 g/mol. The highest BCUT2D eigenvalue weighted by Crippen LogP contribution is 2.34. The Morgan fingerprint density at radius 2 is 1.92 bits per heavy atom. The normalized spacial score (nSPS) is 16.2.